The van der Waals surface area contributed by atoms with Crippen LogP contribution in [-0.2, 0) is 14.3 Å². The van der Waals surface area contributed by atoms with Crippen molar-refractivity contribution in [3.8, 4) is 0 Å². The molecule has 0 spiro atoms. The Morgan fingerprint density at radius 2 is 0.961 bits per heavy atom. The van der Waals surface area contributed by atoms with Crippen LogP contribution < -0.4 is 5.32 Å². The van der Waals surface area contributed by atoms with E-state index in [0.717, 1.165) is 77.0 Å². The van der Waals surface area contributed by atoms with E-state index in [9.17, 15) is 19.8 Å². The van der Waals surface area contributed by atoms with Gasteiger partial charge >= 0.3 is 5.97 Å². The zero-order chi connectivity index (χ0) is 37.5. The highest BCUT2D eigenvalue weighted by Crippen LogP contribution is 2.17. The van der Waals surface area contributed by atoms with Gasteiger partial charge in [0, 0.05) is 6.42 Å². The van der Waals surface area contributed by atoms with Crippen molar-refractivity contribution < 1.29 is 24.5 Å². The van der Waals surface area contributed by atoms with Gasteiger partial charge < -0.3 is 20.3 Å². The first-order valence-electron chi connectivity index (χ1n) is 22.1. The van der Waals surface area contributed by atoms with Crippen LogP contribution in [0.2, 0.25) is 0 Å². The van der Waals surface area contributed by atoms with Gasteiger partial charge in [-0.05, 0) is 64.2 Å². The summed E-state index contributed by atoms with van der Waals surface area (Å²) >= 11 is 0. The topological polar surface area (TPSA) is 95.9 Å². The van der Waals surface area contributed by atoms with Crippen molar-refractivity contribution in [2.45, 2.75) is 244 Å². The molecule has 0 fully saturated rings. The summed E-state index contributed by atoms with van der Waals surface area (Å²) in [4.78, 5) is 25.8. The highest BCUT2D eigenvalue weighted by molar-refractivity contribution is 5.77. The van der Waals surface area contributed by atoms with Crippen molar-refractivity contribution in [3.63, 3.8) is 0 Å². The van der Waals surface area contributed by atoms with E-state index in [4.69, 9.17) is 4.74 Å². The van der Waals surface area contributed by atoms with Crippen molar-refractivity contribution in [2.75, 3.05) is 6.61 Å². The van der Waals surface area contributed by atoms with Gasteiger partial charge in [0.2, 0.25) is 5.91 Å². The van der Waals surface area contributed by atoms with Gasteiger partial charge in [0.15, 0.2) is 0 Å². The summed E-state index contributed by atoms with van der Waals surface area (Å²) in [6, 6.07) is -0.701. The zero-order valence-corrected chi connectivity index (χ0v) is 34.0. The number of amides is 1. The van der Waals surface area contributed by atoms with Gasteiger partial charge in [-0.15, -0.1) is 0 Å². The fourth-order valence-corrected chi connectivity index (χ4v) is 6.57. The molecule has 0 aliphatic heterocycles. The van der Waals surface area contributed by atoms with E-state index >= 15 is 0 Å². The lowest BCUT2D eigenvalue weighted by atomic mass is 10.0. The molecule has 1 amide bonds. The van der Waals surface area contributed by atoms with Crippen molar-refractivity contribution >= 4 is 11.9 Å². The minimum Gasteiger partial charge on any atom is -0.462 e. The number of nitrogens with one attached hydrogen (secondary N) is 1. The van der Waals surface area contributed by atoms with E-state index in [-0.39, 0.29) is 24.9 Å². The molecule has 0 aromatic heterocycles. The van der Waals surface area contributed by atoms with Crippen molar-refractivity contribution in [2.24, 2.45) is 0 Å². The van der Waals surface area contributed by atoms with E-state index in [0.29, 0.717) is 19.3 Å². The van der Waals surface area contributed by atoms with Crippen LogP contribution in [0.1, 0.15) is 226 Å². The molecule has 0 aliphatic rings. The summed E-state index contributed by atoms with van der Waals surface area (Å²) in [5.74, 6) is -0.501. The molecule has 3 unspecified atom stereocenters. The molecule has 0 heterocycles. The molecular weight excluding hydrogens is 634 g/mol. The van der Waals surface area contributed by atoms with E-state index < -0.39 is 18.2 Å². The Hall–Kier alpha value is -1.66. The van der Waals surface area contributed by atoms with Crippen molar-refractivity contribution in [3.05, 3.63) is 24.3 Å². The Morgan fingerprint density at radius 3 is 1.47 bits per heavy atom. The standard InChI is InChI=1S/C45H85NO5/c1-4-7-10-13-16-19-21-23-25-28-31-34-37-43(48)42(40-47)46-44(49)39-41(36-33-30-27-24-18-15-12-9-6-3)51-45(50)38-35-32-29-26-22-20-17-14-11-8-5-2/h14-15,17-18,41-43,47-48H,4-13,16,19-40H2,1-3H3,(H,46,49)/b17-14-,18-15-. The third kappa shape index (κ3) is 35.2. The van der Waals surface area contributed by atoms with Gasteiger partial charge in [-0.2, -0.15) is 0 Å². The molecule has 0 saturated carbocycles. The number of carbonyl (C=O) groups excluding carboxylic acids is 2. The average molecular weight is 720 g/mol. The minimum atomic E-state index is -0.787. The molecule has 0 aliphatic carbocycles. The lowest BCUT2D eigenvalue weighted by Crippen LogP contribution is -2.46. The first-order valence-corrected chi connectivity index (χ1v) is 22.1. The van der Waals surface area contributed by atoms with Crippen LogP contribution in [0.25, 0.3) is 0 Å². The van der Waals surface area contributed by atoms with Crippen LogP contribution in [0.3, 0.4) is 0 Å². The summed E-state index contributed by atoms with van der Waals surface area (Å²) < 4.78 is 5.86. The quantitative estimate of drug-likeness (QED) is 0.0334. The largest absolute Gasteiger partial charge is 0.462 e. The fourth-order valence-electron chi connectivity index (χ4n) is 6.57. The number of aliphatic hydroxyl groups excluding tert-OH is 2. The maximum absolute atomic E-state index is 13.1. The second kappa shape index (κ2) is 39.5. The maximum atomic E-state index is 13.1. The Balaban J connectivity index is 4.55. The van der Waals surface area contributed by atoms with Crippen molar-refractivity contribution in [1.29, 1.82) is 0 Å². The van der Waals surface area contributed by atoms with Crippen LogP contribution in [0, 0.1) is 0 Å². The predicted molar refractivity (Wildman–Crippen MR) is 218 cm³/mol. The van der Waals surface area contributed by atoms with E-state index in [2.05, 4.69) is 50.4 Å². The molecule has 0 aromatic carbocycles. The Labute approximate surface area is 316 Å². The normalized spacial score (nSPS) is 13.6. The van der Waals surface area contributed by atoms with Gasteiger partial charge in [-0.1, -0.05) is 173 Å². The highest BCUT2D eigenvalue weighted by atomic mass is 16.5. The van der Waals surface area contributed by atoms with Gasteiger partial charge in [0.25, 0.3) is 0 Å². The number of hydrogen-bond donors (Lipinski definition) is 3. The first-order chi connectivity index (χ1) is 25.0. The van der Waals surface area contributed by atoms with E-state index in [1.54, 1.807) is 0 Å². The van der Waals surface area contributed by atoms with Gasteiger partial charge in [0.05, 0.1) is 25.2 Å². The van der Waals surface area contributed by atoms with Gasteiger partial charge in [-0.25, -0.2) is 0 Å². The van der Waals surface area contributed by atoms with E-state index in [1.807, 2.05) is 0 Å². The molecule has 51 heavy (non-hydrogen) atoms. The summed E-state index contributed by atoms with van der Waals surface area (Å²) in [7, 11) is 0. The number of hydrogen-bond acceptors (Lipinski definition) is 5. The van der Waals surface area contributed by atoms with E-state index in [1.165, 1.54) is 103 Å². The van der Waals surface area contributed by atoms with Crippen LogP contribution in [0.4, 0.5) is 0 Å². The Morgan fingerprint density at radius 1 is 0.549 bits per heavy atom. The second-order valence-corrected chi connectivity index (χ2v) is 15.1. The Kier molecular flexibility index (Phi) is 38.3. The predicted octanol–water partition coefficient (Wildman–Crippen LogP) is 12.4. The number of esters is 1. The number of aliphatic hydroxyl groups is 2. The average Bonchev–Trinajstić information content (AvgIpc) is 3.12. The van der Waals surface area contributed by atoms with Crippen molar-refractivity contribution in [1.82, 2.24) is 5.32 Å². The fraction of sp³-hybridized carbons (Fsp3) is 0.867. The third-order valence-corrected chi connectivity index (χ3v) is 10.0. The van der Waals surface area contributed by atoms with Gasteiger partial charge in [-0.3, -0.25) is 9.59 Å². The summed E-state index contributed by atoms with van der Waals surface area (Å²) in [5.41, 5.74) is 0. The molecular formula is C45H85NO5. The number of ether oxygens (including phenoxy) is 1. The van der Waals surface area contributed by atoms with Crippen LogP contribution in [0.15, 0.2) is 24.3 Å². The number of allylic oxidation sites excluding steroid dienone is 4. The smallest absolute Gasteiger partial charge is 0.306 e. The summed E-state index contributed by atoms with van der Waals surface area (Å²) in [5, 5.41) is 23.6. The molecule has 3 atom stereocenters. The number of carbonyl (C=O) groups is 2. The zero-order valence-electron chi connectivity index (χ0n) is 34.0. The van der Waals surface area contributed by atoms with Crippen LogP contribution in [-0.4, -0.2) is 46.9 Å². The molecule has 0 aromatic rings. The summed E-state index contributed by atoms with van der Waals surface area (Å²) in [6.07, 6.45) is 42.4. The molecule has 0 bridgehead atoms. The summed E-state index contributed by atoms with van der Waals surface area (Å²) in [6.45, 7) is 6.38. The van der Waals surface area contributed by atoms with Crippen LogP contribution >= 0.6 is 0 Å². The third-order valence-electron chi connectivity index (χ3n) is 10.0. The molecule has 0 radical (unpaired) electrons. The molecule has 300 valence electrons. The Bertz CT molecular complexity index is 812. The molecule has 3 N–H and O–H groups in total. The number of rotatable bonds is 39. The molecule has 0 rings (SSSR count). The number of unbranched alkanes of at least 4 members (excludes halogenated alkanes) is 23. The maximum Gasteiger partial charge on any atom is 0.306 e. The SMILES string of the molecule is CCCC/C=C\CCCCCCCC(=O)OC(CCCCC/C=C\CCCC)CC(=O)NC(CO)C(O)CCCCCCCCCCCCCC. The second-order valence-electron chi connectivity index (χ2n) is 15.1. The minimum absolute atomic E-state index is 0.0657. The van der Waals surface area contributed by atoms with Crippen LogP contribution in [0.5, 0.6) is 0 Å². The lowest BCUT2D eigenvalue weighted by Gasteiger charge is -2.24. The lowest BCUT2D eigenvalue weighted by molar-refractivity contribution is -0.151. The molecule has 6 heteroatoms. The first kappa shape index (κ1) is 49.3. The monoisotopic (exact) mass is 720 g/mol. The van der Waals surface area contributed by atoms with Gasteiger partial charge in [0.1, 0.15) is 6.10 Å². The molecule has 0 saturated heterocycles. The highest BCUT2D eigenvalue weighted by Gasteiger charge is 2.24. The molecule has 6 nitrogen and oxygen atoms in total.